The summed E-state index contributed by atoms with van der Waals surface area (Å²) < 4.78 is 0. The molecule has 0 spiro atoms. The van der Waals surface area contributed by atoms with Crippen molar-refractivity contribution in [2.45, 2.75) is 13.8 Å². The fourth-order valence-electron chi connectivity index (χ4n) is 0.224. The molecule has 0 radical (unpaired) electrons. The van der Waals surface area contributed by atoms with Crippen LogP contribution in [0.5, 0.6) is 0 Å². The Kier molecular flexibility index (Phi) is 14.9. The van der Waals surface area contributed by atoms with Crippen LogP contribution in [0.25, 0.3) is 5.32 Å². The minimum absolute atomic E-state index is 0. The maximum atomic E-state index is 3.97. The molecule has 0 aromatic heterocycles. The van der Waals surface area contributed by atoms with Crippen LogP contribution in [0, 0.1) is 0 Å². The Morgan fingerprint density at radius 3 is 1.50 bits per heavy atom. The molecule has 0 fully saturated rings. The van der Waals surface area contributed by atoms with Gasteiger partial charge >= 0.3 is 0 Å². The van der Waals surface area contributed by atoms with E-state index in [1.165, 1.54) is 0 Å². The van der Waals surface area contributed by atoms with E-state index in [2.05, 4.69) is 5.32 Å². The zero-order valence-electron chi connectivity index (χ0n) is 4.18. The number of hydrogen-bond donors (Lipinski definition) is 0. The van der Waals surface area contributed by atoms with Crippen molar-refractivity contribution in [3.05, 3.63) is 5.32 Å². The fourth-order valence-corrected chi connectivity index (χ4v) is 0.224. The molecule has 0 aromatic carbocycles. The minimum Gasteiger partial charge on any atom is -0.663 e. The third-order valence-corrected chi connectivity index (χ3v) is 0.447. The molecule has 0 bridgehead atoms. The van der Waals surface area contributed by atoms with Crippen molar-refractivity contribution < 1.29 is 20.4 Å². The Morgan fingerprint density at radius 2 is 1.50 bits per heavy atom. The quantitative estimate of drug-likeness (QED) is 0.568. The first-order valence-corrected chi connectivity index (χ1v) is 2.05. The Labute approximate surface area is 53.2 Å². The predicted octanol–water partition coefficient (Wildman–Crippen LogP) is 1.40. The third kappa shape index (κ3) is 8.82. The van der Waals surface area contributed by atoms with Crippen LogP contribution >= 0.6 is 0 Å². The van der Waals surface area contributed by atoms with Gasteiger partial charge in [0.05, 0.1) is 0 Å². The summed E-state index contributed by atoms with van der Waals surface area (Å²) in [6, 6.07) is 0. The maximum absolute atomic E-state index is 3.97. The summed E-state index contributed by atoms with van der Waals surface area (Å²) in [6.07, 6.45) is 0. The molecule has 1 nitrogen and oxygen atoms in total. The molecule has 0 saturated carbocycles. The molecule has 0 N–H and O–H groups in total. The largest absolute Gasteiger partial charge is 0.663 e. The molecule has 0 unspecified atom stereocenters. The summed E-state index contributed by atoms with van der Waals surface area (Å²) in [5.41, 5.74) is 0. The van der Waals surface area contributed by atoms with Crippen LogP contribution in [0.2, 0.25) is 0 Å². The molecule has 0 amide bonds. The monoisotopic (exact) mass is 178 g/mol. The van der Waals surface area contributed by atoms with Gasteiger partial charge in [-0.2, -0.15) is 13.1 Å². The van der Waals surface area contributed by atoms with Gasteiger partial charge < -0.3 is 5.32 Å². The summed E-state index contributed by atoms with van der Waals surface area (Å²) in [4.78, 5) is 0. The van der Waals surface area contributed by atoms with Crippen molar-refractivity contribution in [2.24, 2.45) is 0 Å². The van der Waals surface area contributed by atoms with Gasteiger partial charge in [0.2, 0.25) is 0 Å². The van der Waals surface area contributed by atoms with Crippen molar-refractivity contribution in [2.75, 3.05) is 13.1 Å². The molecule has 0 aliphatic carbocycles. The summed E-state index contributed by atoms with van der Waals surface area (Å²) in [5.74, 6) is 0. The summed E-state index contributed by atoms with van der Waals surface area (Å²) in [5, 5.41) is 3.97. The van der Waals surface area contributed by atoms with Crippen LogP contribution in [-0.4, -0.2) is 13.1 Å². The molecule has 6 heavy (non-hydrogen) atoms. The topological polar surface area (TPSA) is 14.1 Å². The summed E-state index contributed by atoms with van der Waals surface area (Å²) in [6.45, 7) is 6.03. The van der Waals surface area contributed by atoms with Crippen molar-refractivity contribution in [1.29, 1.82) is 0 Å². The second kappa shape index (κ2) is 9.16. The molecular weight excluding hydrogens is 168 g/mol. The van der Waals surface area contributed by atoms with Crippen LogP contribution in [-0.2, 0) is 20.4 Å². The van der Waals surface area contributed by atoms with Gasteiger partial charge in [-0.05, 0) is 0 Å². The van der Waals surface area contributed by atoms with Gasteiger partial charge in [0.25, 0.3) is 0 Å². The van der Waals surface area contributed by atoms with Crippen LogP contribution in [0.1, 0.15) is 13.8 Å². The summed E-state index contributed by atoms with van der Waals surface area (Å²) >= 11 is 0. The van der Waals surface area contributed by atoms with Gasteiger partial charge in [0, 0.05) is 20.4 Å². The predicted molar refractivity (Wildman–Crippen MR) is 24.4 cm³/mol. The van der Waals surface area contributed by atoms with Crippen molar-refractivity contribution in [3.8, 4) is 0 Å². The minimum atomic E-state index is 0. The van der Waals surface area contributed by atoms with Gasteiger partial charge in [0.15, 0.2) is 0 Å². The van der Waals surface area contributed by atoms with Crippen LogP contribution in [0.4, 0.5) is 0 Å². The molecule has 0 aliphatic rings. The molecular formula is C4H10NPd-. The molecule has 2 heteroatoms. The average Bonchev–Trinajstić information content (AvgIpc) is 1.41. The van der Waals surface area contributed by atoms with E-state index in [4.69, 9.17) is 0 Å². The molecule has 0 heterocycles. The SMILES string of the molecule is CC[N-]CC.[Pd]. The molecule has 0 atom stereocenters. The van der Waals surface area contributed by atoms with Crippen LogP contribution in [0.3, 0.4) is 0 Å². The molecule has 42 valence electrons. The number of hydrogen-bond acceptors (Lipinski definition) is 0. The van der Waals surface area contributed by atoms with Crippen molar-refractivity contribution >= 4 is 0 Å². The second-order valence-corrected chi connectivity index (χ2v) is 0.856. The van der Waals surface area contributed by atoms with E-state index in [1.54, 1.807) is 0 Å². The third-order valence-electron chi connectivity index (χ3n) is 0.447. The molecule has 0 aliphatic heterocycles. The van der Waals surface area contributed by atoms with Crippen molar-refractivity contribution in [1.82, 2.24) is 0 Å². The average molecular weight is 179 g/mol. The Bertz CT molecular complexity index is 15.0. The van der Waals surface area contributed by atoms with Crippen molar-refractivity contribution in [3.63, 3.8) is 0 Å². The standard InChI is InChI=1S/C4H10N.Pd/c1-3-5-4-2;/h3-4H2,1-2H3;/q-1;. The zero-order chi connectivity index (χ0) is 4.12. The van der Waals surface area contributed by atoms with E-state index in [-0.39, 0.29) is 20.4 Å². The number of rotatable bonds is 2. The first-order chi connectivity index (χ1) is 2.41. The van der Waals surface area contributed by atoms with E-state index in [1.807, 2.05) is 13.8 Å². The van der Waals surface area contributed by atoms with E-state index < -0.39 is 0 Å². The first kappa shape index (κ1) is 9.80. The van der Waals surface area contributed by atoms with E-state index in [0.29, 0.717) is 0 Å². The molecule has 0 saturated heterocycles. The second-order valence-electron chi connectivity index (χ2n) is 0.856. The Balaban J connectivity index is 0. The van der Waals surface area contributed by atoms with Crippen LogP contribution < -0.4 is 0 Å². The van der Waals surface area contributed by atoms with E-state index in [9.17, 15) is 0 Å². The maximum Gasteiger partial charge on any atom is 0 e. The van der Waals surface area contributed by atoms with E-state index in [0.717, 1.165) is 13.1 Å². The first-order valence-electron chi connectivity index (χ1n) is 2.05. The molecule has 0 aromatic rings. The van der Waals surface area contributed by atoms with E-state index >= 15 is 0 Å². The van der Waals surface area contributed by atoms with Crippen LogP contribution in [0.15, 0.2) is 0 Å². The van der Waals surface area contributed by atoms with Gasteiger partial charge in [-0.3, -0.25) is 0 Å². The smallest absolute Gasteiger partial charge is 0 e. The fraction of sp³-hybridized carbons (Fsp3) is 1.00. The normalized spacial score (nSPS) is 7.00. The Hall–Kier alpha value is 0.622. The zero-order valence-corrected chi connectivity index (χ0v) is 5.73. The summed E-state index contributed by atoms with van der Waals surface area (Å²) in [7, 11) is 0. The molecule has 0 rings (SSSR count). The van der Waals surface area contributed by atoms with Gasteiger partial charge in [-0.1, -0.05) is 13.8 Å². The Morgan fingerprint density at radius 1 is 1.17 bits per heavy atom. The van der Waals surface area contributed by atoms with Gasteiger partial charge in [-0.25, -0.2) is 0 Å². The van der Waals surface area contributed by atoms with Gasteiger partial charge in [0.1, 0.15) is 0 Å². The van der Waals surface area contributed by atoms with Gasteiger partial charge in [-0.15, -0.1) is 0 Å². The number of nitrogens with zero attached hydrogens (tertiary/aromatic N) is 1.